The molecule has 0 bridgehead atoms. The minimum atomic E-state index is -4.73. The van der Waals surface area contributed by atoms with Crippen molar-refractivity contribution in [1.29, 1.82) is 0 Å². The lowest BCUT2D eigenvalue weighted by Crippen LogP contribution is -2.41. The van der Waals surface area contributed by atoms with Gasteiger partial charge in [0.15, 0.2) is 6.10 Å². The lowest BCUT2D eigenvalue weighted by atomic mass is 9.99. The van der Waals surface area contributed by atoms with Crippen molar-refractivity contribution in [3.63, 3.8) is 0 Å². The van der Waals surface area contributed by atoms with E-state index in [2.05, 4.69) is 5.32 Å². The predicted molar refractivity (Wildman–Crippen MR) is 65.0 cm³/mol. The third kappa shape index (κ3) is 3.96. The molecule has 1 aromatic rings. The number of halogens is 3. The second kappa shape index (κ2) is 5.61. The molecule has 0 heterocycles. The Bertz CT molecular complexity index is 460. The Labute approximate surface area is 109 Å². The van der Waals surface area contributed by atoms with Gasteiger partial charge in [0.05, 0.1) is 6.54 Å². The Balaban J connectivity index is 2.80. The van der Waals surface area contributed by atoms with Gasteiger partial charge in [-0.05, 0) is 31.9 Å². The van der Waals surface area contributed by atoms with Crippen molar-refractivity contribution in [2.24, 2.45) is 0 Å². The number of carbonyl (C=O) groups excluding carboxylic acids is 1. The number of carbonyl (C=O) groups is 1. The summed E-state index contributed by atoms with van der Waals surface area (Å²) in [7, 11) is 0. The van der Waals surface area contributed by atoms with Crippen molar-refractivity contribution < 1.29 is 23.1 Å². The van der Waals surface area contributed by atoms with Crippen molar-refractivity contribution >= 4 is 5.91 Å². The van der Waals surface area contributed by atoms with Crippen LogP contribution in [0.1, 0.15) is 27.0 Å². The summed E-state index contributed by atoms with van der Waals surface area (Å²) in [5, 5.41) is 10.9. The molecule has 0 saturated heterocycles. The third-order valence-corrected chi connectivity index (χ3v) is 2.74. The van der Waals surface area contributed by atoms with Crippen LogP contribution in [0.2, 0.25) is 0 Å². The molecule has 1 unspecified atom stereocenters. The zero-order valence-electron chi connectivity index (χ0n) is 10.9. The molecule has 3 nitrogen and oxygen atoms in total. The summed E-state index contributed by atoms with van der Waals surface area (Å²) in [5.41, 5.74) is 2.70. The zero-order valence-corrected chi connectivity index (χ0v) is 10.9. The number of hydrogen-bond donors (Lipinski definition) is 2. The van der Waals surface area contributed by atoms with E-state index in [4.69, 9.17) is 5.11 Å². The van der Waals surface area contributed by atoms with Crippen molar-refractivity contribution in [2.75, 3.05) is 6.54 Å². The van der Waals surface area contributed by atoms with Crippen LogP contribution in [0, 0.1) is 20.8 Å². The zero-order chi connectivity index (χ0) is 14.8. The summed E-state index contributed by atoms with van der Waals surface area (Å²) < 4.78 is 36.3. The molecule has 0 fully saturated rings. The van der Waals surface area contributed by atoms with E-state index in [0.29, 0.717) is 16.7 Å². The second-order valence-corrected chi connectivity index (χ2v) is 4.54. The molecule has 0 aliphatic carbocycles. The van der Waals surface area contributed by atoms with Gasteiger partial charge in [0.1, 0.15) is 0 Å². The smallest absolute Gasteiger partial charge is 0.382 e. The lowest BCUT2D eigenvalue weighted by Gasteiger charge is -2.16. The number of benzene rings is 1. The molecular formula is C13H16F3NO2. The molecular weight excluding hydrogens is 259 g/mol. The fourth-order valence-corrected chi connectivity index (χ4v) is 1.93. The summed E-state index contributed by atoms with van der Waals surface area (Å²) in [5.74, 6) is -0.613. The van der Waals surface area contributed by atoms with Crippen LogP contribution in [0.5, 0.6) is 0 Å². The number of nitrogens with one attached hydrogen (secondary N) is 1. The van der Waals surface area contributed by atoms with E-state index in [1.807, 2.05) is 6.92 Å². The van der Waals surface area contributed by atoms with E-state index in [1.165, 1.54) is 0 Å². The van der Waals surface area contributed by atoms with Crippen LogP contribution in [-0.4, -0.2) is 29.8 Å². The Morgan fingerprint density at radius 1 is 1.26 bits per heavy atom. The van der Waals surface area contributed by atoms with Crippen LogP contribution in [-0.2, 0) is 0 Å². The van der Waals surface area contributed by atoms with Gasteiger partial charge in [-0.1, -0.05) is 17.7 Å². The SMILES string of the molecule is Cc1cc(C)c(C(=O)NCC(O)C(F)(F)F)c(C)c1. The van der Waals surface area contributed by atoms with Crippen LogP contribution in [0.15, 0.2) is 12.1 Å². The van der Waals surface area contributed by atoms with Gasteiger partial charge in [-0.15, -0.1) is 0 Å². The Morgan fingerprint density at radius 2 is 1.74 bits per heavy atom. The molecule has 2 N–H and O–H groups in total. The average molecular weight is 275 g/mol. The molecule has 0 aliphatic rings. The van der Waals surface area contributed by atoms with Crippen molar-refractivity contribution in [3.8, 4) is 0 Å². The van der Waals surface area contributed by atoms with Crippen molar-refractivity contribution in [3.05, 3.63) is 34.4 Å². The van der Waals surface area contributed by atoms with Gasteiger partial charge >= 0.3 is 6.18 Å². The quantitative estimate of drug-likeness (QED) is 0.889. The van der Waals surface area contributed by atoms with E-state index in [9.17, 15) is 18.0 Å². The number of alkyl halides is 3. The standard InChI is InChI=1S/C13H16F3NO2/c1-7-4-8(2)11(9(3)5-7)12(19)17-6-10(18)13(14,15)16/h4-5,10,18H,6H2,1-3H3,(H,17,19). The van der Waals surface area contributed by atoms with Gasteiger partial charge in [0.2, 0.25) is 0 Å². The molecule has 1 aromatic carbocycles. The number of rotatable bonds is 3. The lowest BCUT2D eigenvalue weighted by molar-refractivity contribution is -0.201. The maximum Gasteiger partial charge on any atom is 0.416 e. The van der Waals surface area contributed by atoms with E-state index >= 15 is 0 Å². The maximum absolute atomic E-state index is 12.1. The molecule has 0 saturated carbocycles. The Morgan fingerprint density at radius 3 is 2.16 bits per heavy atom. The first-order chi connectivity index (χ1) is 8.62. The number of aryl methyl sites for hydroxylation is 3. The summed E-state index contributed by atoms with van der Waals surface area (Å²) in [6.45, 7) is 4.45. The average Bonchev–Trinajstić information content (AvgIpc) is 2.22. The first-order valence-electron chi connectivity index (χ1n) is 5.73. The van der Waals surface area contributed by atoms with Crippen molar-refractivity contribution in [2.45, 2.75) is 33.1 Å². The van der Waals surface area contributed by atoms with Gasteiger partial charge in [0, 0.05) is 5.56 Å². The van der Waals surface area contributed by atoms with Gasteiger partial charge < -0.3 is 10.4 Å². The first-order valence-corrected chi connectivity index (χ1v) is 5.73. The molecule has 1 atom stereocenters. The van der Waals surface area contributed by atoms with Gasteiger partial charge in [-0.25, -0.2) is 0 Å². The fraction of sp³-hybridized carbons (Fsp3) is 0.462. The van der Waals surface area contributed by atoms with Gasteiger partial charge in [-0.3, -0.25) is 4.79 Å². The maximum atomic E-state index is 12.1. The summed E-state index contributed by atoms with van der Waals surface area (Å²) in [6, 6.07) is 3.56. The molecule has 0 spiro atoms. The van der Waals surface area contributed by atoms with Gasteiger partial charge in [-0.2, -0.15) is 13.2 Å². The van der Waals surface area contributed by atoms with Crippen LogP contribution < -0.4 is 5.32 Å². The third-order valence-electron chi connectivity index (χ3n) is 2.74. The number of amides is 1. The number of aliphatic hydroxyl groups is 1. The second-order valence-electron chi connectivity index (χ2n) is 4.54. The highest BCUT2D eigenvalue weighted by molar-refractivity contribution is 5.97. The molecule has 0 radical (unpaired) electrons. The number of hydrogen-bond acceptors (Lipinski definition) is 2. The number of aliphatic hydroxyl groups excluding tert-OH is 1. The topological polar surface area (TPSA) is 49.3 Å². The predicted octanol–water partition coefficient (Wildman–Crippen LogP) is 2.26. The van der Waals surface area contributed by atoms with E-state index < -0.39 is 24.7 Å². The van der Waals surface area contributed by atoms with E-state index in [0.717, 1.165) is 5.56 Å². The molecule has 106 valence electrons. The van der Waals surface area contributed by atoms with Crippen LogP contribution in [0.25, 0.3) is 0 Å². The molecule has 0 aliphatic heterocycles. The normalized spacial score (nSPS) is 13.2. The fourth-order valence-electron chi connectivity index (χ4n) is 1.93. The summed E-state index contributed by atoms with van der Waals surface area (Å²) >= 11 is 0. The largest absolute Gasteiger partial charge is 0.416 e. The van der Waals surface area contributed by atoms with Crippen molar-refractivity contribution in [1.82, 2.24) is 5.32 Å². The minimum Gasteiger partial charge on any atom is -0.382 e. The molecule has 1 rings (SSSR count). The minimum absolute atomic E-state index is 0.347. The monoisotopic (exact) mass is 275 g/mol. The Hall–Kier alpha value is -1.56. The van der Waals surface area contributed by atoms with Gasteiger partial charge in [0.25, 0.3) is 5.91 Å². The first kappa shape index (κ1) is 15.5. The summed E-state index contributed by atoms with van der Waals surface area (Å²) in [4.78, 5) is 11.8. The highest BCUT2D eigenvalue weighted by atomic mass is 19.4. The van der Waals surface area contributed by atoms with Crippen LogP contribution in [0.4, 0.5) is 13.2 Å². The highest BCUT2D eigenvalue weighted by Crippen LogP contribution is 2.20. The molecule has 0 aromatic heterocycles. The van der Waals surface area contributed by atoms with Crippen LogP contribution >= 0.6 is 0 Å². The molecule has 6 heteroatoms. The highest BCUT2D eigenvalue weighted by Gasteiger charge is 2.38. The summed E-state index contributed by atoms with van der Waals surface area (Å²) in [6.07, 6.45) is -7.28. The van der Waals surface area contributed by atoms with E-state index in [1.54, 1.807) is 26.0 Å². The Kier molecular flexibility index (Phi) is 4.57. The van der Waals surface area contributed by atoms with Crippen LogP contribution in [0.3, 0.4) is 0 Å². The van der Waals surface area contributed by atoms with E-state index in [-0.39, 0.29) is 0 Å². The molecule has 1 amide bonds. The molecule has 19 heavy (non-hydrogen) atoms.